The molecule has 1 saturated carbocycles. The Balaban J connectivity index is 2.01. The van der Waals surface area contributed by atoms with Crippen LogP contribution in [-0.2, 0) is 14.3 Å². The predicted molar refractivity (Wildman–Crippen MR) is 74.3 cm³/mol. The molecule has 1 amide bonds. The fraction of sp³-hybridized carbons (Fsp3) is 0.867. The Morgan fingerprint density at radius 1 is 1.30 bits per heavy atom. The molecule has 0 radical (unpaired) electrons. The van der Waals surface area contributed by atoms with Crippen molar-refractivity contribution in [3.05, 3.63) is 0 Å². The summed E-state index contributed by atoms with van der Waals surface area (Å²) in [6.07, 6.45) is 5.26. The summed E-state index contributed by atoms with van der Waals surface area (Å²) in [6, 6.07) is -0.494. The van der Waals surface area contributed by atoms with Gasteiger partial charge in [0.2, 0.25) is 5.91 Å². The van der Waals surface area contributed by atoms with Crippen LogP contribution in [0.1, 0.15) is 52.4 Å². The molecule has 0 aromatic carbocycles. The first-order chi connectivity index (χ1) is 9.50. The van der Waals surface area contributed by atoms with E-state index in [0.29, 0.717) is 18.9 Å². The summed E-state index contributed by atoms with van der Waals surface area (Å²) in [7, 11) is 0. The monoisotopic (exact) mass is 283 g/mol. The zero-order valence-corrected chi connectivity index (χ0v) is 12.4. The standard InChI is InChI=1S/C15H25NO4/c1-10(2)20-8-7-14(17)16-12-6-4-3-5-11(12)9-13(16)15(18)19/h10-13H,3-9H2,1-2H3,(H,18,19)/t11-,12-,13-/m0/s1. The van der Waals surface area contributed by atoms with Gasteiger partial charge in [0.05, 0.1) is 19.1 Å². The van der Waals surface area contributed by atoms with Crippen molar-refractivity contribution in [2.45, 2.75) is 70.6 Å². The highest BCUT2D eigenvalue weighted by atomic mass is 16.5. The smallest absolute Gasteiger partial charge is 0.326 e. The highest BCUT2D eigenvalue weighted by molar-refractivity contribution is 5.84. The van der Waals surface area contributed by atoms with Crippen molar-refractivity contribution < 1.29 is 19.4 Å². The molecule has 5 heteroatoms. The van der Waals surface area contributed by atoms with E-state index < -0.39 is 12.0 Å². The lowest BCUT2D eigenvalue weighted by Gasteiger charge is -2.33. The van der Waals surface area contributed by atoms with E-state index in [1.165, 1.54) is 0 Å². The van der Waals surface area contributed by atoms with Crippen LogP contribution < -0.4 is 0 Å². The van der Waals surface area contributed by atoms with Gasteiger partial charge in [0.25, 0.3) is 0 Å². The van der Waals surface area contributed by atoms with Crippen LogP contribution in [-0.4, -0.2) is 46.7 Å². The van der Waals surface area contributed by atoms with Crippen molar-refractivity contribution in [3.8, 4) is 0 Å². The molecule has 114 valence electrons. The Morgan fingerprint density at radius 2 is 2.00 bits per heavy atom. The molecule has 2 rings (SSSR count). The van der Waals surface area contributed by atoms with E-state index in [0.717, 1.165) is 25.7 Å². The summed E-state index contributed by atoms with van der Waals surface area (Å²) in [5, 5.41) is 9.37. The minimum Gasteiger partial charge on any atom is -0.480 e. The van der Waals surface area contributed by atoms with E-state index in [-0.39, 0.29) is 24.5 Å². The molecule has 5 nitrogen and oxygen atoms in total. The van der Waals surface area contributed by atoms with Crippen molar-refractivity contribution in [1.82, 2.24) is 4.90 Å². The third-order valence-corrected chi connectivity index (χ3v) is 4.43. The third kappa shape index (κ3) is 3.32. The van der Waals surface area contributed by atoms with Gasteiger partial charge in [-0.3, -0.25) is 4.79 Å². The summed E-state index contributed by atoms with van der Waals surface area (Å²) in [6.45, 7) is 4.23. The van der Waals surface area contributed by atoms with E-state index in [1.54, 1.807) is 4.90 Å². The Hall–Kier alpha value is -1.10. The summed E-state index contributed by atoms with van der Waals surface area (Å²) >= 11 is 0. The lowest BCUT2D eigenvalue weighted by molar-refractivity contribution is -0.150. The van der Waals surface area contributed by atoms with Gasteiger partial charge in [-0.15, -0.1) is 0 Å². The fourth-order valence-corrected chi connectivity index (χ4v) is 3.55. The van der Waals surface area contributed by atoms with Gasteiger partial charge in [-0.2, -0.15) is 0 Å². The second-order valence-corrected chi connectivity index (χ2v) is 6.17. The van der Waals surface area contributed by atoms with Gasteiger partial charge in [-0.05, 0) is 39.0 Å². The van der Waals surface area contributed by atoms with Crippen LogP contribution in [0.3, 0.4) is 0 Å². The normalized spacial score (nSPS) is 29.6. The first-order valence-electron chi connectivity index (χ1n) is 7.66. The second kappa shape index (κ2) is 6.57. The summed E-state index contributed by atoms with van der Waals surface area (Å²) in [4.78, 5) is 25.4. The Labute approximate surface area is 120 Å². The maximum Gasteiger partial charge on any atom is 0.326 e. The quantitative estimate of drug-likeness (QED) is 0.838. The SMILES string of the molecule is CC(C)OCCC(=O)N1[C@H](C(=O)O)C[C@@H]2CCCC[C@@H]21. The van der Waals surface area contributed by atoms with E-state index in [1.807, 2.05) is 13.8 Å². The minimum absolute atomic E-state index is 0.0625. The van der Waals surface area contributed by atoms with E-state index in [4.69, 9.17) is 4.74 Å². The minimum atomic E-state index is -0.863. The maximum absolute atomic E-state index is 12.4. The number of carbonyl (C=O) groups excluding carboxylic acids is 1. The molecule has 1 N–H and O–H groups in total. The number of nitrogens with zero attached hydrogens (tertiary/aromatic N) is 1. The molecule has 0 aromatic heterocycles. The molecule has 1 heterocycles. The van der Waals surface area contributed by atoms with Crippen molar-refractivity contribution in [2.24, 2.45) is 5.92 Å². The first kappa shape index (κ1) is 15.3. The number of ether oxygens (including phenoxy) is 1. The molecule has 2 aliphatic rings. The summed E-state index contributed by atoms with van der Waals surface area (Å²) in [5.74, 6) is -0.551. The highest BCUT2D eigenvalue weighted by Gasteiger charge is 2.47. The molecule has 0 spiro atoms. The molecule has 0 unspecified atom stereocenters. The third-order valence-electron chi connectivity index (χ3n) is 4.43. The molecule has 0 bridgehead atoms. The number of fused-ring (bicyclic) bond motifs is 1. The van der Waals surface area contributed by atoms with E-state index in [2.05, 4.69) is 0 Å². The topological polar surface area (TPSA) is 66.8 Å². The Bertz CT molecular complexity index is 369. The maximum atomic E-state index is 12.4. The number of rotatable bonds is 5. The van der Waals surface area contributed by atoms with Crippen LogP contribution in [0.25, 0.3) is 0 Å². The number of aliphatic carboxylic acids is 1. The van der Waals surface area contributed by atoms with Gasteiger partial charge in [0.15, 0.2) is 0 Å². The largest absolute Gasteiger partial charge is 0.480 e. The van der Waals surface area contributed by atoms with Gasteiger partial charge in [-0.1, -0.05) is 12.8 Å². The number of carbonyl (C=O) groups is 2. The average Bonchev–Trinajstić information content (AvgIpc) is 2.77. The molecule has 1 saturated heterocycles. The molecular weight excluding hydrogens is 258 g/mol. The number of carboxylic acid groups (broad SMARTS) is 1. The van der Waals surface area contributed by atoms with Gasteiger partial charge >= 0.3 is 5.97 Å². The fourth-order valence-electron chi connectivity index (χ4n) is 3.55. The zero-order chi connectivity index (χ0) is 14.7. The van der Waals surface area contributed by atoms with Gasteiger partial charge in [0, 0.05) is 6.04 Å². The first-order valence-corrected chi connectivity index (χ1v) is 7.66. The van der Waals surface area contributed by atoms with Crippen molar-refractivity contribution in [1.29, 1.82) is 0 Å². The molecule has 2 fully saturated rings. The van der Waals surface area contributed by atoms with Crippen LogP contribution >= 0.6 is 0 Å². The van der Waals surface area contributed by atoms with Crippen LogP contribution in [0, 0.1) is 5.92 Å². The van der Waals surface area contributed by atoms with Crippen LogP contribution in [0.2, 0.25) is 0 Å². The van der Waals surface area contributed by atoms with Gasteiger partial charge in [0.1, 0.15) is 6.04 Å². The Morgan fingerprint density at radius 3 is 2.65 bits per heavy atom. The van der Waals surface area contributed by atoms with Gasteiger partial charge < -0.3 is 14.7 Å². The lowest BCUT2D eigenvalue weighted by Crippen LogP contribution is -2.46. The molecule has 1 aliphatic heterocycles. The number of hydrogen-bond acceptors (Lipinski definition) is 3. The predicted octanol–water partition coefficient (Wildman–Crippen LogP) is 2.05. The Kier molecular flexibility index (Phi) is 5.02. The molecule has 20 heavy (non-hydrogen) atoms. The van der Waals surface area contributed by atoms with Crippen LogP contribution in [0.4, 0.5) is 0 Å². The molecule has 3 atom stereocenters. The van der Waals surface area contributed by atoms with Crippen molar-refractivity contribution in [2.75, 3.05) is 6.61 Å². The number of hydrogen-bond donors (Lipinski definition) is 1. The number of carboxylic acids is 1. The second-order valence-electron chi connectivity index (χ2n) is 6.17. The van der Waals surface area contributed by atoms with E-state index >= 15 is 0 Å². The average molecular weight is 283 g/mol. The zero-order valence-electron chi connectivity index (χ0n) is 12.4. The number of likely N-dealkylation sites (tertiary alicyclic amines) is 1. The molecule has 0 aromatic rings. The van der Waals surface area contributed by atoms with Crippen LogP contribution in [0.15, 0.2) is 0 Å². The van der Waals surface area contributed by atoms with Crippen molar-refractivity contribution >= 4 is 11.9 Å². The van der Waals surface area contributed by atoms with Crippen molar-refractivity contribution in [3.63, 3.8) is 0 Å². The van der Waals surface area contributed by atoms with Gasteiger partial charge in [-0.25, -0.2) is 4.79 Å². The summed E-state index contributed by atoms with van der Waals surface area (Å²) < 4.78 is 5.41. The van der Waals surface area contributed by atoms with Crippen LogP contribution in [0.5, 0.6) is 0 Å². The molecule has 1 aliphatic carbocycles. The lowest BCUT2D eigenvalue weighted by atomic mass is 9.84. The number of amides is 1. The molecular formula is C15H25NO4. The highest BCUT2D eigenvalue weighted by Crippen LogP contribution is 2.40. The van der Waals surface area contributed by atoms with E-state index in [9.17, 15) is 14.7 Å². The summed E-state index contributed by atoms with van der Waals surface area (Å²) in [5.41, 5.74) is 0.